The van der Waals surface area contributed by atoms with Crippen molar-refractivity contribution in [3.63, 3.8) is 0 Å². The van der Waals surface area contributed by atoms with Gasteiger partial charge in [0.25, 0.3) is 5.69 Å². The summed E-state index contributed by atoms with van der Waals surface area (Å²) in [6, 6.07) is 4.27. The quantitative estimate of drug-likeness (QED) is 0.304. The maximum Gasteiger partial charge on any atom is 0.296 e. The van der Waals surface area contributed by atoms with Crippen LogP contribution >= 0.6 is 11.8 Å². The molecule has 1 aliphatic rings. The summed E-state index contributed by atoms with van der Waals surface area (Å²) in [4.78, 5) is 22.9. The van der Waals surface area contributed by atoms with Crippen molar-refractivity contribution in [1.82, 2.24) is 14.8 Å². The minimum Gasteiger partial charge on any atom is -0.496 e. The number of hydrogen-bond donors (Lipinski definition) is 1. The van der Waals surface area contributed by atoms with E-state index in [1.165, 1.54) is 31.0 Å². The Morgan fingerprint density at radius 3 is 2.93 bits per heavy atom. The standard InChI is InChI=1S/C17H19N5O4S/c1-3-8-21-16(11-4-5-11)19-20-17(21)27-10-15(23)18-13-7-6-12(26-2)9-14(13)22(24)25/h3,6-7,9,11H,1,4-5,8,10H2,2H3,(H,18,23). The molecule has 27 heavy (non-hydrogen) atoms. The molecule has 1 N–H and O–H groups in total. The Balaban J connectivity index is 1.67. The average molecular weight is 389 g/mol. The van der Waals surface area contributed by atoms with E-state index in [1.807, 2.05) is 4.57 Å². The zero-order valence-corrected chi connectivity index (χ0v) is 15.6. The monoisotopic (exact) mass is 389 g/mol. The summed E-state index contributed by atoms with van der Waals surface area (Å²) in [6.45, 7) is 4.33. The number of nitro groups is 1. The molecule has 2 aromatic rings. The number of benzene rings is 1. The Hall–Kier alpha value is -2.88. The Kier molecular flexibility index (Phi) is 5.75. The number of nitro benzene ring substituents is 1. The first-order valence-electron chi connectivity index (χ1n) is 8.32. The Bertz CT molecular complexity index is 878. The summed E-state index contributed by atoms with van der Waals surface area (Å²) < 4.78 is 6.94. The van der Waals surface area contributed by atoms with Crippen LogP contribution in [0.25, 0.3) is 0 Å². The highest BCUT2D eigenvalue weighted by Crippen LogP contribution is 2.40. The molecular weight excluding hydrogens is 370 g/mol. The zero-order chi connectivity index (χ0) is 19.4. The normalized spacial score (nSPS) is 13.2. The number of hydrogen-bond acceptors (Lipinski definition) is 7. The lowest BCUT2D eigenvalue weighted by molar-refractivity contribution is -0.384. The van der Waals surface area contributed by atoms with Gasteiger partial charge in [-0.25, -0.2) is 0 Å². The Morgan fingerprint density at radius 2 is 2.30 bits per heavy atom. The van der Waals surface area contributed by atoms with Gasteiger partial charge in [0.2, 0.25) is 5.91 Å². The zero-order valence-electron chi connectivity index (χ0n) is 14.8. The van der Waals surface area contributed by atoms with Crippen molar-refractivity contribution < 1.29 is 14.5 Å². The van der Waals surface area contributed by atoms with Crippen LogP contribution in [0, 0.1) is 10.1 Å². The fraction of sp³-hybridized carbons (Fsp3) is 0.353. The number of allylic oxidation sites excluding steroid dienone is 1. The highest BCUT2D eigenvalue weighted by Gasteiger charge is 2.30. The second-order valence-corrected chi connectivity index (χ2v) is 6.93. The number of aromatic nitrogens is 3. The first kappa shape index (κ1) is 18.9. The maximum atomic E-state index is 12.3. The fourth-order valence-electron chi connectivity index (χ4n) is 2.56. The molecule has 1 aromatic heterocycles. The van der Waals surface area contributed by atoms with E-state index in [4.69, 9.17) is 4.74 Å². The molecule has 0 radical (unpaired) electrons. The first-order chi connectivity index (χ1) is 13.0. The molecular formula is C17H19N5O4S. The number of thioether (sulfide) groups is 1. The number of rotatable bonds is 9. The minimum atomic E-state index is -0.562. The van der Waals surface area contributed by atoms with Crippen molar-refractivity contribution in [2.24, 2.45) is 0 Å². The lowest BCUT2D eigenvalue weighted by Gasteiger charge is -2.08. The van der Waals surface area contributed by atoms with E-state index in [0.29, 0.717) is 23.4 Å². The van der Waals surface area contributed by atoms with E-state index in [0.717, 1.165) is 18.7 Å². The summed E-state index contributed by atoms with van der Waals surface area (Å²) in [6.07, 6.45) is 3.96. The molecule has 1 fully saturated rings. The molecule has 1 heterocycles. The van der Waals surface area contributed by atoms with E-state index in [-0.39, 0.29) is 23.0 Å². The van der Waals surface area contributed by atoms with Crippen LogP contribution in [-0.2, 0) is 11.3 Å². The second kappa shape index (κ2) is 8.21. The smallest absolute Gasteiger partial charge is 0.296 e. The van der Waals surface area contributed by atoms with E-state index in [2.05, 4.69) is 22.1 Å². The van der Waals surface area contributed by atoms with Crippen LogP contribution in [0.15, 0.2) is 36.0 Å². The summed E-state index contributed by atoms with van der Waals surface area (Å²) >= 11 is 1.24. The van der Waals surface area contributed by atoms with Crippen LogP contribution in [0.4, 0.5) is 11.4 Å². The van der Waals surface area contributed by atoms with E-state index >= 15 is 0 Å². The number of ether oxygens (including phenoxy) is 1. The van der Waals surface area contributed by atoms with Gasteiger partial charge < -0.3 is 14.6 Å². The van der Waals surface area contributed by atoms with E-state index < -0.39 is 4.92 Å². The summed E-state index contributed by atoms with van der Waals surface area (Å²) in [5.41, 5.74) is -0.101. The van der Waals surface area contributed by atoms with E-state index in [1.54, 1.807) is 12.1 Å². The van der Waals surface area contributed by atoms with Crippen LogP contribution in [-0.4, -0.2) is 38.5 Å². The van der Waals surface area contributed by atoms with Crippen LogP contribution in [0.2, 0.25) is 0 Å². The van der Waals surface area contributed by atoms with Crippen molar-refractivity contribution >= 4 is 29.0 Å². The molecule has 1 aliphatic carbocycles. The van der Waals surface area contributed by atoms with Gasteiger partial charge in [-0.2, -0.15) is 0 Å². The molecule has 9 nitrogen and oxygen atoms in total. The second-order valence-electron chi connectivity index (χ2n) is 5.99. The van der Waals surface area contributed by atoms with Gasteiger partial charge in [-0.1, -0.05) is 17.8 Å². The molecule has 10 heteroatoms. The third-order valence-corrected chi connectivity index (χ3v) is 4.97. The van der Waals surface area contributed by atoms with Gasteiger partial charge in [0.05, 0.1) is 23.9 Å². The SMILES string of the molecule is C=CCn1c(SCC(=O)Nc2ccc(OC)cc2[N+](=O)[O-])nnc1C1CC1. The van der Waals surface area contributed by atoms with Gasteiger partial charge >= 0.3 is 0 Å². The number of methoxy groups -OCH3 is 1. The van der Waals surface area contributed by atoms with E-state index in [9.17, 15) is 14.9 Å². The molecule has 0 saturated heterocycles. The lowest BCUT2D eigenvalue weighted by atomic mass is 10.2. The highest BCUT2D eigenvalue weighted by atomic mass is 32.2. The van der Waals surface area contributed by atoms with Crippen molar-refractivity contribution in [2.75, 3.05) is 18.2 Å². The number of amides is 1. The molecule has 1 saturated carbocycles. The molecule has 3 rings (SSSR count). The lowest BCUT2D eigenvalue weighted by Crippen LogP contribution is -2.16. The fourth-order valence-corrected chi connectivity index (χ4v) is 3.32. The molecule has 0 unspecified atom stereocenters. The van der Waals surface area contributed by atoms with Gasteiger partial charge in [-0.3, -0.25) is 14.9 Å². The molecule has 0 bridgehead atoms. The van der Waals surface area contributed by atoms with Crippen molar-refractivity contribution in [3.05, 3.63) is 46.8 Å². The maximum absolute atomic E-state index is 12.3. The van der Waals surface area contributed by atoms with Crippen LogP contribution in [0.1, 0.15) is 24.6 Å². The van der Waals surface area contributed by atoms with Crippen molar-refractivity contribution in [3.8, 4) is 5.75 Å². The first-order valence-corrected chi connectivity index (χ1v) is 9.31. The summed E-state index contributed by atoms with van der Waals surface area (Å²) in [5.74, 6) is 1.39. The Morgan fingerprint density at radius 1 is 1.52 bits per heavy atom. The molecule has 142 valence electrons. The van der Waals surface area contributed by atoms with Crippen molar-refractivity contribution in [1.29, 1.82) is 0 Å². The topological polar surface area (TPSA) is 112 Å². The van der Waals surface area contributed by atoms with Crippen LogP contribution in [0.5, 0.6) is 5.75 Å². The molecule has 0 atom stereocenters. The molecule has 0 aliphatic heterocycles. The molecule has 1 amide bonds. The summed E-state index contributed by atoms with van der Waals surface area (Å²) in [7, 11) is 1.42. The van der Waals surface area contributed by atoms with Crippen LogP contribution in [0.3, 0.4) is 0 Å². The minimum absolute atomic E-state index is 0.0587. The van der Waals surface area contributed by atoms with Gasteiger partial charge in [0, 0.05) is 12.5 Å². The van der Waals surface area contributed by atoms with Gasteiger partial charge in [0.15, 0.2) is 5.16 Å². The predicted molar refractivity (Wildman–Crippen MR) is 101 cm³/mol. The highest BCUT2D eigenvalue weighted by molar-refractivity contribution is 7.99. The Labute approximate surface area is 160 Å². The van der Waals surface area contributed by atoms with Gasteiger partial charge in [-0.15, -0.1) is 16.8 Å². The number of nitrogens with zero attached hydrogens (tertiary/aromatic N) is 4. The number of nitrogens with one attached hydrogen (secondary N) is 1. The van der Waals surface area contributed by atoms with Crippen molar-refractivity contribution in [2.45, 2.75) is 30.5 Å². The van der Waals surface area contributed by atoms with Gasteiger partial charge in [0.1, 0.15) is 17.3 Å². The third kappa shape index (κ3) is 4.45. The number of carbonyl (C=O) groups excluding carboxylic acids is 1. The molecule has 1 aromatic carbocycles. The van der Waals surface area contributed by atoms with Gasteiger partial charge in [-0.05, 0) is 25.0 Å². The van der Waals surface area contributed by atoms with Crippen LogP contribution < -0.4 is 10.1 Å². The number of carbonyl (C=O) groups is 1. The predicted octanol–water partition coefficient (Wildman–Crippen LogP) is 2.99. The number of anilines is 1. The molecule has 0 spiro atoms. The average Bonchev–Trinajstić information content (AvgIpc) is 3.42. The largest absolute Gasteiger partial charge is 0.496 e. The summed E-state index contributed by atoms with van der Waals surface area (Å²) in [5, 5.41) is 22.8. The third-order valence-electron chi connectivity index (χ3n) is 4.01.